The van der Waals surface area contributed by atoms with Crippen LogP contribution in [-0.4, -0.2) is 5.91 Å². The topological polar surface area (TPSA) is 55.1 Å². The zero-order chi connectivity index (χ0) is 15.4. The van der Waals surface area contributed by atoms with Crippen LogP contribution in [0.2, 0.25) is 0 Å². The summed E-state index contributed by atoms with van der Waals surface area (Å²) >= 11 is 0. The Morgan fingerprint density at radius 2 is 1.71 bits per heavy atom. The first-order valence-corrected chi connectivity index (χ1v) is 6.62. The number of rotatable bonds is 4. The molecule has 0 spiro atoms. The number of nitrogens with two attached hydrogens (primary N) is 1. The molecule has 21 heavy (non-hydrogen) atoms. The van der Waals surface area contributed by atoms with Crippen LogP contribution in [0.15, 0.2) is 36.4 Å². The van der Waals surface area contributed by atoms with Crippen molar-refractivity contribution in [1.82, 2.24) is 5.32 Å². The Bertz CT molecular complexity index is 648. The molecule has 0 aliphatic carbocycles. The van der Waals surface area contributed by atoms with Crippen LogP contribution < -0.4 is 11.1 Å². The van der Waals surface area contributed by atoms with E-state index in [-0.39, 0.29) is 5.56 Å². The molecule has 0 saturated carbocycles. The van der Waals surface area contributed by atoms with Crippen LogP contribution in [-0.2, 0) is 13.0 Å². The number of amides is 1. The number of benzene rings is 2. The zero-order valence-corrected chi connectivity index (χ0v) is 11.6. The Morgan fingerprint density at radius 1 is 1.14 bits per heavy atom. The number of carbonyl (C=O) groups is 1. The van der Waals surface area contributed by atoms with Gasteiger partial charge >= 0.3 is 0 Å². The lowest BCUT2D eigenvalue weighted by Gasteiger charge is -2.10. The van der Waals surface area contributed by atoms with Crippen molar-refractivity contribution in [3.05, 3.63) is 64.7 Å². The highest BCUT2D eigenvalue weighted by Gasteiger charge is 2.13. The SMILES string of the molecule is CCc1ccccc1CNC(=O)c1cc(F)c(N)c(F)c1. The van der Waals surface area contributed by atoms with Gasteiger partial charge in [0.15, 0.2) is 0 Å². The minimum atomic E-state index is -0.936. The first-order chi connectivity index (χ1) is 10.0. The summed E-state index contributed by atoms with van der Waals surface area (Å²) in [6.45, 7) is 2.32. The van der Waals surface area contributed by atoms with Gasteiger partial charge in [0.1, 0.15) is 17.3 Å². The number of nitrogen functional groups attached to an aromatic ring is 1. The Balaban J connectivity index is 2.12. The third kappa shape index (κ3) is 3.37. The Kier molecular flexibility index (Phi) is 4.52. The molecule has 0 atom stereocenters. The van der Waals surface area contributed by atoms with Crippen molar-refractivity contribution < 1.29 is 13.6 Å². The first kappa shape index (κ1) is 15.0. The molecule has 3 N–H and O–H groups in total. The van der Waals surface area contributed by atoms with E-state index in [1.807, 2.05) is 31.2 Å². The molecular formula is C16H16F2N2O. The molecule has 0 saturated heterocycles. The molecule has 110 valence electrons. The summed E-state index contributed by atoms with van der Waals surface area (Å²) in [5.41, 5.74) is 6.60. The number of halogens is 2. The minimum absolute atomic E-state index is 0.0896. The molecule has 2 aromatic carbocycles. The van der Waals surface area contributed by atoms with E-state index in [4.69, 9.17) is 5.73 Å². The first-order valence-electron chi connectivity index (χ1n) is 6.62. The monoisotopic (exact) mass is 290 g/mol. The van der Waals surface area contributed by atoms with Gasteiger partial charge in [0.25, 0.3) is 5.91 Å². The molecule has 3 nitrogen and oxygen atoms in total. The van der Waals surface area contributed by atoms with E-state index in [0.29, 0.717) is 6.54 Å². The summed E-state index contributed by atoms with van der Waals surface area (Å²) in [6.07, 6.45) is 0.844. The van der Waals surface area contributed by atoms with Crippen molar-refractivity contribution in [1.29, 1.82) is 0 Å². The Labute approximate surface area is 121 Å². The molecule has 5 heteroatoms. The summed E-state index contributed by atoms with van der Waals surface area (Å²) in [5.74, 6) is -2.41. The normalized spacial score (nSPS) is 10.4. The smallest absolute Gasteiger partial charge is 0.251 e. The largest absolute Gasteiger partial charge is 0.394 e. The molecule has 0 unspecified atom stereocenters. The molecule has 2 aromatic rings. The van der Waals surface area contributed by atoms with Crippen molar-refractivity contribution >= 4 is 11.6 Å². The van der Waals surface area contributed by atoms with Gasteiger partial charge in [-0.3, -0.25) is 4.79 Å². The van der Waals surface area contributed by atoms with Gasteiger partial charge in [0, 0.05) is 12.1 Å². The molecule has 0 radical (unpaired) electrons. The number of hydrogen-bond donors (Lipinski definition) is 2. The van der Waals surface area contributed by atoms with Crippen LogP contribution in [0.1, 0.15) is 28.4 Å². The lowest BCUT2D eigenvalue weighted by molar-refractivity contribution is 0.0950. The summed E-state index contributed by atoms with van der Waals surface area (Å²) in [7, 11) is 0. The maximum atomic E-state index is 13.3. The van der Waals surface area contributed by atoms with E-state index < -0.39 is 23.2 Å². The van der Waals surface area contributed by atoms with E-state index >= 15 is 0 Å². The lowest BCUT2D eigenvalue weighted by atomic mass is 10.1. The van der Waals surface area contributed by atoms with E-state index in [2.05, 4.69) is 5.32 Å². The van der Waals surface area contributed by atoms with Crippen molar-refractivity contribution in [2.75, 3.05) is 5.73 Å². The maximum absolute atomic E-state index is 13.3. The summed E-state index contributed by atoms with van der Waals surface area (Å²) in [4.78, 5) is 11.9. The summed E-state index contributed by atoms with van der Waals surface area (Å²) < 4.78 is 26.7. The highest BCUT2D eigenvalue weighted by Crippen LogP contribution is 2.17. The second kappa shape index (κ2) is 6.35. The Morgan fingerprint density at radius 3 is 2.29 bits per heavy atom. The predicted molar refractivity (Wildman–Crippen MR) is 77.8 cm³/mol. The molecule has 0 aromatic heterocycles. The van der Waals surface area contributed by atoms with Crippen LogP contribution in [0.3, 0.4) is 0 Å². The van der Waals surface area contributed by atoms with Gasteiger partial charge in [-0.25, -0.2) is 8.78 Å². The van der Waals surface area contributed by atoms with Gasteiger partial charge in [0.2, 0.25) is 0 Å². The van der Waals surface area contributed by atoms with Crippen molar-refractivity contribution in [2.24, 2.45) is 0 Å². The highest BCUT2D eigenvalue weighted by molar-refractivity contribution is 5.94. The molecule has 1 amide bonds. The Hall–Kier alpha value is -2.43. The van der Waals surface area contributed by atoms with E-state index in [9.17, 15) is 13.6 Å². The van der Waals surface area contributed by atoms with Gasteiger partial charge < -0.3 is 11.1 Å². The number of hydrogen-bond acceptors (Lipinski definition) is 2. The third-order valence-corrected chi connectivity index (χ3v) is 3.28. The van der Waals surface area contributed by atoms with Gasteiger partial charge in [-0.05, 0) is 29.7 Å². The standard InChI is InChI=1S/C16H16F2N2O/c1-2-10-5-3-4-6-11(10)9-20-16(21)12-7-13(17)15(19)14(18)8-12/h3-8H,2,9,19H2,1H3,(H,20,21). The highest BCUT2D eigenvalue weighted by atomic mass is 19.1. The molecule has 2 rings (SSSR count). The third-order valence-electron chi connectivity index (χ3n) is 3.28. The zero-order valence-electron chi connectivity index (χ0n) is 11.6. The fourth-order valence-electron chi connectivity index (χ4n) is 2.07. The number of aryl methyl sites for hydroxylation is 1. The average Bonchev–Trinajstić information content (AvgIpc) is 2.49. The van der Waals surface area contributed by atoms with Crippen molar-refractivity contribution in [3.63, 3.8) is 0 Å². The van der Waals surface area contributed by atoms with Crippen LogP contribution in [0.25, 0.3) is 0 Å². The van der Waals surface area contributed by atoms with E-state index in [0.717, 1.165) is 29.7 Å². The lowest BCUT2D eigenvalue weighted by Crippen LogP contribution is -2.23. The second-order valence-corrected chi connectivity index (χ2v) is 4.66. The minimum Gasteiger partial charge on any atom is -0.394 e. The van der Waals surface area contributed by atoms with Gasteiger partial charge in [0.05, 0.1) is 0 Å². The number of nitrogens with one attached hydrogen (secondary N) is 1. The van der Waals surface area contributed by atoms with Gasteiger partial charge in [-0.15, -0.1) is 0 Å². The fraction of sp³-hybridized carbons (Fsp3) is 0.188. The second-order valence-electron chi connectivity index (χ2n) is 4.66. The van der Waals surface area contributed by atoms with Crippen LogP contribution in [0, 0.1) is 11.6 Å². The molecular weight excluding hydrogens is 274 g/mol. The maximum Gasteiger partial charge on any atom is 0.251 e. The van der Waals surface area contributed by atoms with E-state index in [1.54, 1.807) is 0 Å². The molecule has 0 aliphatic heterocycles. The molecule has 0 bridgehead atoms. The molecule has 0 aliphatic rings. The number of anilines is 1. The van der Waals surface area contributed by atoms with Crippen LogP contribution in [0.4, 0.5) is 14.5 Å². The van der Waals surface area contributed by atoms with Gasteiger partial charge in [-0.1, -0.05) is 31.2 Å². The number of carbonyl (C=O) groups excluding carboxylic acids is 1. The van der Waals surface area contributed by atoms with E-state index in [1.165, 1.54) is 0 Å². The molecule has 0 heterocycles. The molecule has 0 fully saturated rings. The van der Waals surface area contributed by atoms with Crippen LogP contribution in [0.5, 0.6) is 0 Å². The summed E-state index contributed by atoms with van der Waals surface area (Å²) in [6, 6.07) is 9.55. The van der Waals surface area contributed by atoms with Crippen molar-refractivity contribution in [3.8, 4) is 0 Å². The van der Waals surface area contributed by atoms with Gasteiger partial charge in [-0.2, -0.15) is 0 Å². The predicted octanol–water partition coefficient (Wildman–Crippen LogP) is 3.04. The fourth-order valence-corrected chi connectivity index (χ4v) is 2.07. The average molecular weight is 290 g/mol. The van der Waals surface area contributed by atoms with Crippen LogP contribution >= 0.6 is 0 Å². The van der Waals surface area contributed by atoms with Crippen molar-refractivity contribution in [2.45, 2.75) is 19.9 Å². The summed E-state index contributed by atoms with van der Waals surface area (Å²) in [5, 5.41) is 2.65. The quantitative estimate of drug-likeness (QED) is 0.850.